The van der Waals surface area contributed by atoms with Crippen molar-refractivity contribution < 1.29 is 23.8 Å². The smallest absolute Gasteiger partial charge is 0.342 e. The molecule has 3 aromatic rings. The van der Waals surface area contributed by atoms with E-state index in [-0.39, 0.29) is 40.5 Å². The van der Waals surface area contributed by atoms with E-state index in [0.29, 0.717) is 12.4 Å². The number of nitrogens with zero attached hydrogens (tertiary/aromatic N) is 4. The zero-order chi connectivity index (χ0) is 25.8. The normalized spacial score (nSPS) is 9.97. The van der Waals surface area contributed by atoms with Crippen molar-refractivity contribution in [3.8, 4) is 5.75 Å². The molecular weight excluding hydrogens is 499 g/mol. The van der Waals surface area contributed by atoms with Crippen LogP contribution in [0.4, 0.5) is 11.6 Å². The molecule has 35 heavy (non-hydrogen) atoms. The standard InChI is InChI=1S/C15H16ClN3O3.C7H8ClN3O2/c1-3-22-15(20)12-8-13(16)18-19-14(12)17-9-10-4-6-11(21-2)7-5-10;1-2-13-7(12)4-3-5(8)10-11-6(4)9/h4-8H,3,9H2,1-2H3,(H,17,19);3H,2H2,1H3,(H2,9,11). The second kappa shape index (κ2) is 13.9. The van der Waals surface area contributed by atoms with Crippen LogP contribution in [0.3, 0.4) is 0 Å². The second-order valence-electron chi connectivity index (χ2n) is 6.54. The molecular formula is C22H24Cl2N6O5. The fourth-order valence-corrected chi connectivity index (χ4v) is 2.84. The summed E-state index contributed by atoms with van der Waals surface area (Å²) in [5.74, 6) is 0.0945. The molecule has 3 rings (SSSR count). The lowest BCUT2D eigenvalue weighted by Gasteiger charge is -2.10. The van der Waals surface area contributed by atoms with Crippen LogP contribution in [0.15, 0.2) is 36.4 Å². The number of benzene rings is 1. The number of hydrogen-bond donors (Lipinski definition) is 2. The summed E-state index contributed by atoms with van der Waals surface area (Å²) in [5.41, 5.74) is 6.79. The van der Waals surface area contributed by atoms with Crippen molar-refractivity contribution in [3.05, 3.63) is 63.4 Å². The number of methoxy groups -OCH3 is 1. The summed E-state index contributed by atoms with van der Waals surface area (Å²) >= 11 is 11.3. The van der Waals surface area contributed by atoms with E-state index in [0.717, 1.165) is 11.3 Å². The Labute approximate surface area is 211 Å². The van der Waals surface area contributed by atoms with Gasteiger partial charge in [-0.05, 0) is 43.7 Å². The van der Waals surface area contributed by atoms with Gasteiger partial charge in [0, 0.05) is 6.54 Å². The number of nitrogens with one attached hydrogen (secondary N) is 1. The van der Waals surface area contributed by atoms with Crippen LogP contribution in [0.2, 0.25) is 10.3 Å². The van der Waals surface area contributed by atoms with Crippen LogP contribution < -0.4 is 15.8 Å². The third kappa shape index (κ3) is 8.54. The number of esters is 2. The number of anilines is 2. The number of nitrogen functional groups attached to an aromatic ring is 1. The molecule has 0 bridgehead atoms. The van der Waals surface area contributed by atoms with Gasteiger partial charge in [-0.15, -0.1) is 20.4 Å². The maximum absolute atomic E-state index is 11.9. The highest BCUT2D eigenvalue weighted by atomic mass is 35.5. The molecule has 11 nitrogen and oxygen atoms in total. The van der Waals surface area contributed by atoms with Gasteiger partial charge >= 0.3 is 11.9 Å². The van der Waals surface area contributed by atoms with Crippen molar-refractivity contribution in [1.82, 2.24) is 20.4 Å². The SMILES string of the molecule is CCOC(=O)c1cc(Cl)nnc1N.CCOC(=O)c1cc(Cl)nnc1NCc1ccc(OC)cc1. The molecule has 2 aromatic heterocycles. The van der Waals surface area contributed by atoms with Crippen LogP contribution >= 0.6 is 23.2 Å². The monoisotopic (exact) mass is 522 g/mol. The van der Waals surface area contributed by atoms with E-state index in [1.165, 1.54) is 12.1 Å². The van der Waals surface area contributed by atoms with Gasteiger partial charge in [-0.2, -0.15) is 0 Å². The number of halogens is 2. The number of hydrogen-bond acceptors (Lipinski definition) is 11. The van der Waals surface area contributed by atoms with E-state index in [1.54, 1.807) is 21.0 Å². The molecule has 186 valence electrons. The molecule has 0 aliphatic rings. The summed E-state index contributed by atoms with van der Waals surface area (Å²) in [6, 6.07) is 10.3. The predicted molar refractivity (Wildman–Crippen MR) is 131 cm³/mol. The Hall–Kier alpha value is -3.70. The van der Waals surface area contributed by atoms with Crippen LogP contribution in [0.1, 0.15) is 40.1 Å². The minimum absolute atomic E-state index is 0.0165. The fourth-order valence-electron chi connectivity index (χ4n) is 2.54. The van der Waals surface area contributed by atoms with E-state index in [2.05, 4.69) is 25.7 Å². The zero-order valence-electron chi connectivity index (χ0n) is 19.2. The lowest BCUT2D eigenvalue weighted by Crippen LogP contribution is -2.12. The Balaban J connectivity index is 0.000000283. The molecule has 0 fully saturated rings. The summed E-state index contributed by atoms with van der Waals surface area (Å²) in [7, 11) is 1.61. The second-order valence-corrected chi connectivity index (χ2v) is 7.31. The first kappa shape index (κ1) is 27.5. The molecule has 0 aliphatic heterocycles. The lowest BCUT2D eigenvalue weighted by atomic mass is 10.2. The highest BCUT2D eigenvalue weighted by Gasteiger charge is 2.16. The van der Waals surface area contributed by atoms with Crippen molar-refractivity contribution in [1.29, 1.82) is 0 Å². The Morgan fingerprint density at radius 3 is 2.00 bits per heavy atom. The summed E-state index contributed by atoms with van der Waals surface area (Å²) in [6.45, 7) is 4.46. The molecule has 13 heteroatoms. The van der Waals surface area contributed by atoms with Gasteiger partial charge in [-0.25, -0.2) is 9.59 Å². The van der Waals surface area contributed by atoms with Gasteiger partial charge < -0.3 is 25.3 Å². The molecule has 0 unspecified atom stereocenters. The van der Waals surface area contributed by atoms with Crippen molar-refractivity contribution in [2.75, 3.05) is 31.4 Å². The van der Waals surface area contributed by atoms with E-state index < -0.39 is 11.9 Å². The molecule has 2 heterocycles. The number of aromatic nitrogens is 4. The van der Waals surface area contributed by atoms with E-state index in [4.69, 9.17) is 43.1 Å². The first-order chi connectivity index (χ1) is 16.8. The Kier molecular flexibility index (Phi) is 10.9. The highest BCUT2D eigenvalue weighted by Crippen LogP contribution is 2.18. The summed E-state index contributed by atoms with van der Waals surface area (Å²) in [6.07, 6.45) is 0. The largest absolute Gasteiger partial charge is 0.497 e. The molecule has 3 N–H and O–H groups in total. The van der Waals surface area contributed by atoms with Crippen molar-refractivity contribution in [2.45, 2.75) is 20.4 Å². The molecule has 0 radical (unpaired) electrons. The topological polar surface area (TPSA) is 151 Å². The molecule has 0 aliphatic carbocycles. The van der Waals surface area contributed by atoms with Gasteiger partial charge in [0.1, 0.15) is 16.9 Å². The number of carbonyl (C=O) groups is 2. The molecule has 0 atom stereocenters. The van der Waals surface area contributed by atoms with E-state index in [9.17, 15) is 9.59 Å². The highest BCUT2D eigenvalue weighted by molar-refractivity contribution is 6.30. The Bertz CT molecular complexity index is 1150. The van der Waals surface area contributed by atoms with Crippen LogP contribution in [0, 0.1) is 0 Å². The average Bonchev–Trinajstić information content (AvgIpc) is 2.85. The van der Waals surface area contributed by atoms with E-state index >= 15 is 0 Å². The summed E-state index contributed by atoms with van der Waals surface area (Å²) < 4.78 is 14.8. The van der Waals surface area contributed by atoms with Gasteiger partial charge in [-0.3, -0.25) is 0 Å². The minimum Gasteiger partial charge on any atom is -0.497 e. The molecule has 0 amide bonds. The van der Waals surface area contributed by atoms with Crippen LogP contribution in [0.25, 0.3) is 0 Å². The lowest BCUT2D eigenvalue weighted by molar-refractivity contribution is 0.0517. The van der Waals surface area contributed by atoms with Crippen LogP contribution in [-0.2, 0) is 16.0 Å². The average molecular weight is 523 g/mol. The van der Waals surface area contributed by atoms with Gasteiger partial charge in [0.2, 0.25) is 0 Å². The molecule has 0 saturated carbocycles. The van der Waals surface area contributed by atoms with E-state index in [1.807, 2.05) is 24.3 Å². The summed E-state index contributed by atoms with van der Waals surface area (Å²) in [5, 5.41) is 17.9. The van der Waals surface area contributed by atoms with Crippen molar-refractivity contribution >= 4 is 46.8 Å². The molecule has 0 saturated heterocycles. The quantitative estimate of drug-likeness (QED) is 0.415. The Morgan fingerprint density at radius 1 is 0.886 bits per heavy atom. The third-order valence-electron chi connectivity index (χ3n) is 4.17. The molecule has 1 aromatic carbocycles. The first-order valence-electron chi connectivity index (χ1n) is 10.3. The number of carbonyl (C=O) groups excluding carboxylic acids is 2. The van der Waals surface area contributed by atoms with Gasteiger partial charge in [0.25, 0.3) is 0 Å². The van der Waals surface area contributed by atoms with Gasteiger partial charge in [-0.1, -0.05) is 35.3 Å². The van der Waals surface area contributed by atoms with Gasteiger partial charge in [0.05, 0.1) is 20.3 Å². The Morgan fingerprint density at radius 2 is 1.43 bits per heavy atom. The fraction of sp³-hybridized carbons (Fsp3) is 0.273. The van der Waals surface area contributed by atoms with Crippen molar-refractivity contribution in [2.24, 2.45) is 0 Å². The van der Waals surface area contributed by atoms with Crippen LogP contribution in [-0.4, -0.2) is 52.7 Å². The zero-order valence-corrected chi connectivity index (χ0v) is 20.8. The molecule has 0 spiro atoms. The number of ether oxygens (including phenoxy) is 3. The maximum atomic E-state index is 11.9. The first-order valence-corrected chi connectivity index (χ1v) is 11.1. The minimum atomic E-state index is -0.545. The number of nitrogens with two attached hydrogens (primary N) is 1. The van der Waals surface area contributed by atoms with Gasteiger partial charge in [0.15, 0.2) is 21.9 Å². The number of rotatable bonds is 8. The van der Waals surface area contributed by atoms with Crippen molar-refractivity contribution in [3.63, 3.8) is 0 Å². The predicted octanol–water partition coefficient (Wildman–Crippen LogP) is 3.82. The van der Waals surface area contributed by atoms with Crippen LogP contribution in [0.5, 0.6) is 5.75 Å². The maximum Gasteiger partial charge on any atom is 0.342 e. The summed E-state index contributed by atoms with van der Waals surface area (Å²) in [4.78, 5) is 23.1. The third-order valence-corrected chi connectivity index (χ3v) is 4.54.